The maximum Gasteiger partial charge on any atom is 0.226 e. The molecule has 2 saturated heterocycles. The molecule has 7 heteroatoms. The average Bonchev–Trinajstić information content (AvgIpc) is 3.20. The number of aliphatic imine (C=N–C) groups is 1. The van der Waals surface area contributed by atoms with E-state index in [2.05, 4.69) is 36.9 Å². The van der Waals surface area contributed by atoms with Gasteiger partial charge in [-0.1, -0.05) is 15.9 Å². The minimum absolute atomic E-state index is 0.0369. The van der Waals surface area contributed by atoms with Gasteiger partial charge in [-0.15, -0.1) is 0 Å². The number of hydrogen-bond acceptors (Lipinski definition) is 3. The van der Waals surface area contributed by atoms with E-state index in [1.807, 2.05) is 31.2 Å². The van der Waals surface area contributed by atoms with Crippen LogP contribution in [0.1, 0.15) is 32.6 Å². The Morgan fingerprint density at radius 3 is 2.76 bits per heavy atom. The van der Waals surface area contributed by atoms with Crippen LogP contribution in [-0.4, -0.2) is 43.2 Å². The number of hydrogen-bond donors (Lipinski definition) is 3. The first kappa shape index (κ1) is 18.2. The molecule has 25 heavy (non-hydrogen) atoms. The second kappa shape index (κ2) is 8.67. The SMILES string of the molecule is CCNC(=NCCC(=O)Nc1ccc(Br)cc1)NC1CC2CCC1O2. The first-order valence-corrected chi connectivity index (χ1v) is 9.69. The molecule has 3 N–H and O–H groups in total. The zero-order valence-corrected chi connectivity index (χ0v) is 16.0. The molecule has 3 atom stereocenters. The van der Waals surface area contributed by atoms with Crippen molar-refractivity contribution in [3.63, 3.8) is 0 Å². The number of carbonyl (C=O) groups is 1. The van der Waals surface area contributed by atoms with E-state index in [-0.39, 0.29) is 5.91 Å². The Balaban J connectivity index is 1.46. The maximum absolute atomic E-state index is 12.0. The summed E-state index contributed by atoms with van der Waals surface area (Å²) in [6.45, 7) is 3.27. The third kappa shape index (κ3) is 5.19. The molecule has 2 aliphatic heterocycles. The van der Waals surface area contributed by atoms with Crippen molar-refractivity contribution in [3.05, 3.63) is 28.7 Å². The highest BCUT2D eigenvalue weighted by atomic mass is 79.9. The molecule has 2 aliphatic rings. The lowest BCUT2D eigenvalue weighted by atomic mass is 9.96. The Morgan fingerprint density at radius 1 is 1.32 bits per heavy atom. The highest BCUT2D eigenvalue weighted by Crippen LogP contribution is 2.34. The van der Waals surface area contributed by atoms with Gasteiger partial charge in [0.1, 0.15) is 0 Å². The molecule has 3 rings (SSSR count). The largest absolute Gasteiger partial charge is 0.373 e. The number of anilines is 1. The fraction of sp³-hybridized carbons (Fsp3) is 0.556. The van der Waals surface area contributed by atoms with E-state index in [0.717, 1.165) is 35.5 Å². The maximum atomic E-state index is 12.0. The molecule has 0 spiro atoms. The molecule has 0 aliphatic carbocycles. The van der Waals surface area contributed by atoms with E-state index in [1.54, 1.807) is 0 Å². The molecule has 2 fully saturated rings. The van der Waals surface area contributed by atoms with E-state index in [4.69, 9.17) is 4.74 Å². The fourth-order valence-electron chi connectivity index (χ4n) is 3.31. The van der Waals surface area contributed by atoms with Gasteiger partial charge in [0.2, 0.25) is 5.91 Å². The topological polar surface area (TPSA) is 74.8 Å². The van der Waals surface area contributed by atoms with E-state index in [0.29, 0.717) is 31.2 Å². The van der Waals surface area contributed by atoms with E-state index < -0.39 is 0 Å². The summed E-state index contributed by atoms with van der Waals surface area (Å²) in [5.41, 5.74) is 0.793. The van der Waals surface area contributed by atoms with Crippen LogP contribution < -0.4 is 16.0 Å². The van der Waals surface area contributed by atoms with E-state index in [9.17, 15) is 4.79 Å². The van der Waals surface area contributed by atoms with Crippen LogP contribution in [0.3, 0.4) is 0 Å². The number of fused-ring (bicyclic) bond motifs is 2. The molecule has 0 radical (unpaired) electrons. The van der Waals surface area contributed by atoms with Crippen molar-refractivity contribution in [3.8, 4) is 0 Å². The number of guanidine groups is 1. The number of amides is 1. The van der Waals surface area contributed by atoms with Gasteiger partial charge in [0, 0.05) is 23.1 Å². The first-order valence-electron chi connectivity index (χ1n) is 8.89. The predicted octanol–water partition coefficient (Wildman–Crippen LogP) is 2.65. The molecule has 6 nitrogen and oxygen atoms in total. The lowest BCUT2D eigenvalue weighted by Gasteiger charge is -2.22. The third-order valence-corrected chi connectivity index (χ3v) is 5.04. The molecule has 2 bridgehead atoms. The summed E-state index contributed by atoms with van der Waals surface area (Å²) in [4.78, 5) is 16.6. The Bertz CT molecular complexity index is 620. The number of halogens is 1. The molecule has 0 aromatic heterocycles. The summed E-state index contributed by atoms with van der Waals surface area (Å²) in [5.74, 6) is 0.727. The van der Waals surface area contributed by atoms with Crippen molar-refractivity contribution in [2.75, 3.05) is 18.4 Å². The summed E-state index contributed by atoms with van der Waals surface area (Å²) in [6, 6.07) is 7.86. The van der Waals surface area contributed by atoms with Crippen LogP contribution >= 0.6 is 15.9 Å². The van der Waals surface area contributed by atoms with Gasteiger partial charge in [-0.2, -0.15) is 0 Å². The van der Waals surface area contributed by atoms with Crippen LogP contribution in [0.15, 0.2) is 33.7 Å². The molecular weight excluding hydrogens is 384 g/mol. The molecule has 2 heterocycles. The van der Waals surface area contributed by atoms with E-state index >= 15 is 0 Å². The van der Waals surface area contributed by atoms with Crippen molar-refractivity contribution in [2.45, 2.75) is 50.9 Å². The smallest absolute Gasteiger partial charge is 0.226 e. The number of rotatable bonds is 6. The minimum Gasteiger partial charge on any atom is -0.373 e. The Labute approximate surface area is 156 Å². The van der Waals surface area contributed by atoms with Gasteiger partial charge >= 0.3 is 0 Å². The number of nitrogens with one attached hydrogen (secondary N) is 3. The number of carbonyl (C=O) groups excluding carboxylic acids is 1. The summed E-state index contributed by atoms with van der Waals surface area (Å²) < 4.78 is 6.86. The average molecular weight is 409 g/mol. The van der Waals surface area contributed by atoms with Gasteiger partial charge in [0.05, 0.1) is 24.8 Å². The Kier molecular flexibility index (Phi) is 6.31. The number of ether oxygens (including phenoxy) is 1. The second-order valence-electron chi connectivity index (χ2n) is 6.43. The molecular formula is C18H25BrN4O2. The second-order valence-corrected chi connectivity index (χ2v) is 7.34. The summed E-state index contributed by atoms with van der Waals surface area (Å²) >= 11 is 3.38. The molecule has 0 saturated carbocycles. The third-order valence-electron chi connectivity index (χ3n) is 4.51. The molecule has 1 amide bonds. The van der Waals surface area contributed by atoms with Crippen molar-refractivity contribution >= 4 is 33.5 Å². The fourth-order valence-corrected chi connectivity index (χ4v) is 3.58. The van der Waals surface area contributed by atoms with Crippen molar-refractivity contribution in [2.24, 2.45) is 4.99 Å². The van der Waals surface area contributed by atoms with Crippen molar-refractivity contribution < 1.29 is 9.53 Å². The van der Waals surface area contributed by atoms with Gasteiger partial charge < -0.3 is 20.7 Å². The molecule has 1 aromatic carbocycles. The van der Waals surface area contributed by atoms with Crippen LogP contribution in [0.2, 0.25) is 0 Å². The Hall–Kier alpha value is -1.60. The Morgan fingerprint density at radius 2 is 2.12 bits per heavy atom. The monoisotopic (exact) mass is 408 g/mol. The first-order chi connectivity index (χ1) is 12.1. The lowest BCUT2D eigenvalue weighted by Crippen LogP contribution is -2.47. The number of benzene rings is 1. The predicted molar refractivity (Wildman–Crippen MR) is 103 cm³/mol. The molecule has 1 aromatic rings. The van der Waals surface area contributed by atoms with Crippen LogP contribution in [0.25, 0.3) is 0 Å². The summed E-state index contributed by atoms with van der Waals surface area (Å²) in [6.07, 6.45) is 4.39. The van der Waals surface area contributed by atoms with Gasteiger partial charge in [-0.3, -0.25) is 9.79 Å². The van der Waals surface area contributed by atoms with Gasteiger partial charge in [-0.25, -0.2) is 0 Å². The number of nitrogens with zero attached hydrogens (tertiary/aromatic N) is 1. The van der Waals surface area contributed by atoms with E-state index in [1.165, 1.54) is 6.42 Å². The van der Waals surface area contributed by atoms with Gasteiger partial charge in [0.15, 0.2) is 5.96 Å². The minimum atomic E-state index is -0.0369. The van der Waals surface area contributed by atoms with Crippen LogP contribution in [0.5, 0.6) is 0 Å². The van der Waals surface area contributed by atoms with Crippen molar-refractivity contribution in [1.82, 2.24) is 10.6 Å². The normalized spacial score (nSPS) is 25.0. The zero-order valence-electron chi connectivity index (χ0n) is 14.4. The van der Waals surface area contributed by atoms with Crippen LogP contribution in [0.4, 0.5) is 5.69 Å². The zero-order chi connectivity index (χ0) is 17.6. The van der Waals surface area contributed by atoms with Gasteiger partial charge in [0.25, 0.3) is 0 Å². The quantitative estimate of drug-likeness (QED) is 0.499. The van der Waals surface area contributed by atoms with Crippen LogP contribution in [0, 0.1) is 0 Å². The molecule has 136 valence electrons. The summed E-state index contributed by atoms with van der Waals surface area (Å²) in [5, 5.41) is 9.58. The lowest BCUT2D eigenvalue weighted by molar-refractivity contribution is -0.116. The standard InChI is InChI=1S/C18H25BrN4O2/c1-2-20-18(23-15-11-14-7-8-16(15)25-14)21-10-9-17(24)22-13-5-3-12(19)4-6-13/h3-6,14-16H,2,7-11H2,1H3,(H,22,24)(H2,20,21,23). The van der Waals surface area contributed by atoms with Crippen molar-refractivity contribution in [1.29, 1.82) is 0 Å². The summed E-state index contributed by atoms with van der Waals surface area (Å²) in [7, 11) is 0. The highest BCUT2D eigenvalue weighted by Gasteiger charge is 2.41. The molecule has 3 unspecified atom stereocenters. The van der Waals surface area contributed by atoms with Crippen LogP contribution in [-0.2, 0) is 9.53 Å². The van der Waals surface area contributed by atoms with Gasteiger partial charge in [-0.05, 0) is 50.5 Å². The highest BCUT2D eigenvalue weighted by molar-refractivity contribution is 9.10.